The van der Waals surface area contributed by atoms with Crippen molar-refractivity contribution >= 4 is 33.8 Å². The summed E-state index contributed by atoms with van der Waals surface area (Å²) in [4.78, 5) is 18.5. The van der Waals surface area contributed by atoms with Gasteiger partial charge in [0.2, 0.25) is 12.4 Å². The number of furan rings is 1. The second-order valence-corrected chi connectivity index (χ2v) is 8.97. The van der Waals surface area contributed by atoms with Crippen LogP contribution < -0.4 is 15.0 Å². The highest BCUT2D eigenvalue weighted by Crippen LogP contribution is 2.33. The van der Waals surface area contributed by atoms with Gasteiger partial charge in [-0.05, 0) is 42.3 Å². The van der Waals surface area contributed by atoms with Gasteiger partial charge in [-0.15, -0.1) is 0 Å². The Bertz CT molecular complexity index is 1550. The Balaban J connectivity index is 1.45. The molecule has 0 fully saturated rings. The number of para-hydroxylation sites is 1. The number of ether oxygens (including phenoxy) is 2. The van der Waals surface area contributed by atoms with Gasteiger partial charge in [0.05, 0.1) is 6.54 Å². The summed E-state index contributed by atoms with van der Waals surface area (Å²) in [6.07, 6.45) is 0. The van der Waals surface area contributed by atoms with E-state index in [1.54, 1.807) is 16.3 Å². The summed E-state index contributed by atoms with van der Waals surface area (Å²) < 4.78 is 18.5. The zero-order chi connectivity index (χ0) is 22.4. The molecule has 0 aliphatic carbocycles. The van der Waals surface area contributed by atoms with Gasteiger partial charge in [-0.1, -0.05) is 59.8 Å². The lowest BCUT2D eigenvalue weighted by atomic mass is 10.2. The van der Waals surface area contributed by atoms with Crippen molar-refractivity contribution in [1.29, 1.82) is 0 Å². The van der Waals surface area contributed by atoms with Crippen LogP contribution in [0.15, 0.2) is 81.1 Å². The third-order valence-corrected chi connectivity index (χ3v) is 6.76. The number of rotatable bonds is 5. The molecule has 0 saturated carbocycles. The lowest BCUT2D eigenvalue weighted by Gasteiger charge is -2.12. The Kier molecular flexibility index (Phi) is 4.84. The van der Waals surface area contributed by atoms with E-state index in [2.05, 4.69) is 31.2 Å². The number of aryl methyl sites for hydroxylation is 1. The first-order chi connectivity index (χ1) is 16.2. The van der Waals surface area contributed by atoms with E-state index in [0.29, 0.717) is 40.1 Å². The summed E-state index contributed by atoms with van der Waals surface area (Å²) in [5.74, 6) is 2.10. The van der Waals surface area contributed by atoms with Crippen LogP contribution in [-0.4, -0.2) is 16.3 Å². The summed E-state index contributed by atoms with van der Waals surface area (Å²) in [5, 5.41) is 1.49. The van der Waals surface area contributed by atoms with Crippen LogP contribution >= 0.6 is 11.8 Å². The number of benzene rings is 3. The molecule has 6 rings (SSSR count). The number of fused-ring (bicyclic) bond motifs is 4. The molecule has 164 valence electrons. The molecular formula is C26H20N2O4S. The second-order valence-electron chi connectivity index (χ2n) is 8.02. The maximum absolute atomic E-state index is 13.6. The summed E-state index contributed by atoms with van der Waals surface area (Å²) in [5.41, 5.74) is 4.66. The number of thioether (sulfide) groups is 1. The first-order valence-electron chi connectivity index (χ1n) is 10.6. The Labute approximate surface area is 193 Å². The van der Waals surface area contributed by atoms with Crippen molar-refractivity contribution in [1.82, 2.24) is 9.55 Å². The molecule has 33 heavy (non-hydrogen) atoms. The average molecular weight is 457 g/mol. The molecule has 3 heterocycles. The van der Waals surface area contributed by atoms with Crippen LogP contribution in [0, 0.1) is 6.92 Å². The fraction of sp³-hybridized carbons (Fsp3) is 0.154. The molecule has 1 aliphatic rings. The van der Waals surface area contributed by atoms with Gasteiger partial charge in [0.1, 0.15) is 11.1 Å². The number of aromatic nitrogens is 2. The second kappa shape index (κ2) is 8.01. The SMILES string of the molecule is Cc1ccc(CSc2nc3c(oc4ccccc43)c(=O)n2Cc2ccc3c(c2)OCO3)cc1. The van der Waals surface area contributed by atoms with Gasteiger partial charge in [0.15, 0.2) is 16.7 Å². The highest BCUT2D eigenvalue weighted by atomic mass is 32.2. The van der Waals surface area contributed by atoms with E-state index in [1.165, 1.54) is 11.1 Å². The summed E-state index contributed by atoms with van der Waals surface area (Å²) >= 11 is 1.55. The summed E-state index contributed by atoms with van der Waals surface area (Å²) in [6, 6.07) is 21.7. The molecule has 1 aliphatic heterocycles. The van der Waals surface area contributed by atoms with Crippen LogP contribution in [0.4, 0.5) is 0 Å². The predicted octanol–water partition coefficient (Wildman–Crippen LogP) is 5.52. The summed E-state index contributed by atoms with van der Waals surface area (Å²) in [6.45, 7) is 2.63. The van der Waals surface area contributed by atoms with Gasteiger partial charge in [-0.25, -0.2) is 4.98 Å². The molecule has 0 atom stereocenters. The normalized spacial score (nSPS) is 12.6. The molecular weight excluding hydrogens is 436 g/mol. The minimum absolute atomic E-state index is 0.194. The molecule has 6 nitrogen and oxygen atoms in total. The van der Waals surface area contributed by atoms with Gasteiger partial charge >= 0.3 is 0 Å². The fourth-order valence-corrected chi connectivity index (χ4v) is 4.90. The molecule has 0 bridgehead atoms. The Hall–Kier alpha value is -3.71. The third-order valence-electron chi connectivity index (χ3n) is 5.71. The number of nitrogens with zero attached hydrogens (tertiary/aromatic N) is 2. The van der Waals surface area contributed by atoms with Crippen LogP contribution in [0.25, 0.3) is 22.1 Å². The molecule has 0 spiro atoms. The van der Waals surface area contributed by atoms with E-state index >= 15 is 0 Å². The first-order valence-corrected chi connectivity index (χ1v) is 11.6. The van der Waals surface area contributed by atoms with Crippen LogP contribution in [0.5, 0.6) is 11.5 Å². The van der Waals surface area contributed by atoms with Crippen molar-refractivity contribution in [3.05, 3.63) is 93.8 Å². The summed E-state index contributed by atoms with van der Waals surface area (Å²) in [7, 11) is 0. The van der Waals surface area contributed by atoms with Gasteiger partial charge in [0, 0.05) is 11.1 Å². The van der Waals surface area contributed by atoms with Crippen LogP contribution in [0.1, 0.15) is 16.7 Å². The molecule has 0 N–H and O–H groups in total. The standard InChI is InChI=1S/C26H20N2O4S/c1-16-6-8-17(9-7-16)14-33-26-27-23-19-4-2-3-5-20(19)32-24(23)25(29)28(26)13-18-10-11-21-22(12-18)31-15-30-21/h2-12H,13-15H2,1H3. The van der Waals surface area contributed by atoms with Gasteiger partial charge in [-0.3, -0.25) is 9.36 Å². The molecule has 0 unspecified atom stereocenters. The first kappa shape index (κ1) is 19.9. The van der Waals surface area contributed by atoms with E-state index in [0.717, 1.165) is 10.9 Å². The van der Waals surface area contributed by atoms with E-state index in [-0.39, 0.29) is 17.9 Å². The van der Waals surface area contributed by atoms with Crippen molar-refractivity contribution < 1.29 is 13.9 Å². The minimum atomic E-state index is -0.194. The van der Waals surface area contributed by atoms with Crippen molar-refractivity contribution in [3.8, 4) is 11.5 Å². The van der Waals surface area contributed by atoms with Crippen LogP contribution in [-0.2, 0) is 12.3 Å². The molecule has 7 heteroatoms. The lowest BCUT2D eigenvalue weighted by Crippen LogP contribution is -2.23. The Morgan fingerprint density at radius 2 is 1.76 bits per heavy atom. The smallest absolute Gasteiger partial charge is 0.298 e. The van der Waals surface area contributed by atoms with Crippen LogP contribution in [0.3, 0.4) is 0 Å². The Morgan fingerprint density at radius 3 is 2.64 bits per heavy atom. The molecule has 0 saturated heterocycles. The van der Waals surface area contributed by atoms with Gasteiger partial charge in [-0.2, -0.15) is 0 Å². The topological polar surface area (TPSA) is 66.5 Å². The zero-order valence-corrected chi connectivity index (χ0v) is 18.7. The van der Waals surface area contributed by atoms with Crippen molar-refractivity contribution in [2.24, 2.45) is 0 Å². The predicted molar refractivity (Wildman–Crippen MR) is 128 cm³/mol. The molecule has 2 aromatic heterocycles. The lowest BCUT2D eigenvalue weighted by molar-refractivity contribution is 0.174. The zero-order valence-electron chi connectivity index (χ0n) is 17.9. The largest absolute Gasteiger partial charge is 0.454 e. The third kappa shape index (κ3) is 3.64. The van der Waals surface area contributed by atoms with E-state index in [9.17, 15) is 4.79 Å². The van der Waals surface area contributed by atoms with Crippen LogP contribution in [0.2, 0.25) is 0 Å². The van der Waals surface area contributed by atoms with Crippen molar-refractivity contribution in [3.63, 3.8) is 0 Å². The quantitative estimate of drug-likeness (QED) is 0.256. The van der Waals surface area contributed by atoms with Gasteiger partial charge < -0.3 is 13.9 Å². The monoisotopic (exact) mass is 456 g/mol. The molecule has 3 aromatic carbocycles. The van der Waals surface area contributed by atoms with Crippen molar-refractivity contribution in [2.45, 2.75) is 24.4 Å². The van der Waals surface area contributed by atoms with Gasteiger partial charge in [0.25, 0.3) is 5.56 Å². The highest BCUT2D eigenvalue weighted by molar-refractivity contribution is 7.98. The molecule has 5 aromatic rings. The number of hydrogen-bond acceptors (Lipinski definition) is 6. The minimum Gasteiger partial charge on any atom is -0.454 e. The Morgan fingerprint density at radius 1 is 0.970 bits per heavy atom. The fourth-order valence-electron chi connectivity index (χ4n) is 3.96. The maximum atomic E-state index is 13.6. The maximum Gasteiger partial charge on any atom is 0.298 e. The van der Waals surface area contributed by atoms with E-state index in [1.807, 2.05) is 42.5 Å². The highest BCUT2D eigenvalue weighted by Gasteiger charge is 2.19. The number of hydrogen-bond donors (Lipinski definition) is 0. The molecule has 0 radical (unpaired) electrons. The molecule has 0 amide bonds. The van der Waals surface area contributed by atoms with E-state index < -0.39 is 0 Å². The van der Waals surface area contributed by atoms with Crippen molar-refractivity contribution in [2.75, 3.05) is 6.79 Å². The van der Waals surface area contributed by atoms with E-state index in [4.69, 9.17) is 18.9 Å². The average Bonchev–Trinajstić information content (AvgIpc) is 3.45.